The Kier molecular flexibility index (Phi) is 1.96. The maximum atomic E-state index is 12.0. The van der Waals surface area contributed by atoms with Crippen LogP contribution in [0, 0.1) is 6.92 Å². The predicted molar refractivity (Wildman–Crippen MR) is 62.5 cm³/mol. The largest absolute Gasteiger partial charge is 0.343 e. The molecule has 0 spiro atoms. The summed E-state index contributed by atoms with van der Waals surface area (Å²) in [5.41, 5.74) is 3.46. The summed E-state index contributed by atoms with van der Waals surface area (Å²) in [6.07, 6.45) is 1.98. The highest BCUT2D eigenvalue weighted by Crippen LogP contribution is 2.33. The number of aromatic nitrogens is 1. The summed E-state index contributed by atoms with van der Waals surface area (Å²) in [7, 11) is 0. The first-order chi connectivity index (χ1) is 7.77. The molecule has 1 aliphatic rings. The number of aryl methyl sites for hydroxylation is 1. The van der Waals surface area contributed by atoms with Crippen LogP contribution < -0.4 is 0 Å². The van der Waals surface area contributed by atoms with Crippen LogP contribution in [0.4, 0.5) is 0 Å². The molecule has 0 amide bonds. The van der Waals surface area contributed by atoms with Crippen LogP contribution in [0.1, 0.15) is 22.7 Å². The van der Waals surface area contributed by atoms with E-state index in [1.54, 1.807) is 0 Å². The molecule has 80 valence electrons. The minimum atomic E-state index is -0.0591. The summed E-state index contributed by atoms with van der Waals surface area (Å²) in [6.45, 7) is 2.58. The molecule has 2 heterocycles. The molecule has 1 aromatic heterocycles. The van der Waals surface area contributed by atoms with E-state index in [1.165, 1.54) is 5.56 Å². The number of nitrogens with zero attached hydrogens (tertiary/aromatic N) is 1. The first-order valence-electron chi connectivity index (χ1n) is 5.50. The van der Waals surface area contributed by atoms with Gasteiger partial charge in [-0.05, 0) is 30.2 Å². The van der Waals surface area contributed by atoms with Crippen molar-refractivity contribution in [3.05, 3.63) is 59.4 Å². The Morgan fingerprint density at radius 1 is 1.19 bits per heavy atom. The second-order valence-corrected chi connectivity index (χ2v) is 4.32. The second-order valence-electron chi connectivity index (χ2n) is 4.32. The average Bonchev–Trinajstić information content (AvgIpc) is 2.79. The highest BCUT2D eigenvalue weighted by molar-refractivity contribution is 5.91. The van der Waals surface area contributed by atoms with Gasteiger partial charge in [-0.1, -0.05) is 24.3 Å². The van der Waals surface area contributed by atoms with E-state index in [0.717, 1.165) is 11.3 Å². The summed E-state index contributed by atoms with van der Waals surface area (Å²) in [5.74, 6) is 0.237. The highest BCUT2D eigenvalue weighted by atomic mass is 16.1. The van der Waals surface area contributed by atoms with Gasteiger partial charge in [0.15, 0.2) is 5.78 Å². The van der Waals surface area contributed by atoms with E-state index in [0.29, 0.717) is 12.3 Å². The van der Waals surface area contributed by atoms with Crippen LogP contribution in [0.25, 0.3) is 0 Å². The van der Waals surface area contributed by atoms with Crippen molar-refractivity contribution in [1.29, 1.82) is 0 Å². The molecule has 0 aliphatic carbocycles. The molecule has 0 N–H and O–H groups in total. The molecule has 0 radical (unpaired) electrons. The summed E-state index contributed by atoms with van der Waals surface area (Å²) in [4.78, 5) is 12.0. The van der Waals surface area contributed by atoms with Crippen molar-refractivity contribution < 1.29 is 4.79 Å². The van der Waals surface area contributed by atoms with Crippen LogP contribution in [0.5, 0.6) is 0 Å². The number of Topliss-reactive ketones (excluding diaryl/α,β-unsaturated/α-hetero) is 1. The molecule has 0 saturated heterocycles. The van der Waals surface area contributed by atoms with Gasteiger partial charge in [-0.2, -0.15) is 0 Å². The third-order valence-electron chi connectivity index (χ3n) is 3.31. The van der Waals surface area contributed by atoms with Gasteiger partial charge in [-0.25, -0.2) is 0 Å². The molecule has 16 heavy (non-hydrogen) atoms. The van der Waals surface area contributed by atoms with Crippen molar-refractivity contribution in [1.82, 2.24) is 4.57 Å². The summed E-state index contributed by atoms with van der Waals surface area (Å²) in [6, 6.07) is 12.2. The molecule has 1 aliphatic heterocycles. The zero-order valence-corrected chi connectivity index (χ0v) is 9.18. The smallest absolute Gasteiger partial charge is 0.165 e. The minimum Gasteiger partial charge on any atom is -0.343 e. The quantitative estimate of drug-likeness (QED) is 0.710. The lowest BCUT2D eigenvalue weighted by Crippen LogP contribution is -2.09. The number of carbonyl (C=O) groups is 1. The normalized spacial score (nSPS) is 18.8. The predicted octanol–water partition coefficient (Wildman–Crippen LogP) is 2.51. The number of benzene rings is 1. The van der Waals surface area contributed by atoms with E-state index in [-0.39, 0.29) is 5.92 Å². The van der Waals surface area contributed by atoms with Gasteiger partial charge >= 0.3 is 0 Å². The molecule has 0 fully saturated rings. The Balaban J connectivity index is 2.15. The topological polar surface area (TPSA) is 22.0 Å². The van der Waals surface area contributed by atoms with Crippen molar-refractivity contribution in [3.63, 3.8) is 0 Å². The average molecular weight is 211 g/mol. The van der Waals surface area contributed by atoms with E-state index < -0.39 is 0 Å². The van der Waals surface area contributed by atoms with E-state index in [9.17, 15) is 4.79 Å². The van der Waals surface area contributed by atoms with E-state index in [1.807, 2.05) is 35.0 Å². The molecule has 1 aromatic carbocycles. The summed E-state index contributed by atoms with van der Waals surface area (Å²) in [5, 5.41) is 0. The number of ketones is 1. The maximum Gasteiger partial charge on any atom is 0.165 e. The minimum absolute atomic E-state index is 0.0591. The molecule has 1 unspecified atom stereocenters. The van der Waals surface area contributed by atoms with Gasteiger partial charge in [0.05, 0.1) is 12.5 Å². The monoisotopic (exact) mass is 211 g/mol. The lowest BCUT2D eigenvalue weighted by Gasteiger charge is -2.11. The van der Waals surface area contributed by atoms with Crippen LogP contribution in [-0.4, -0.2) is 10.4 Å². The molecular formula is C14H13NO. The molecular weight excluding hydrogens is 198 g/mol. The fourth-order valence-corrected chi connectivity index (χ4v) is 2.50. The van der Waals surface area contributed by atoms with E-state index in [2.05, 4.69) is 19.1 Å². The Hall–Kier alpha value is -1.83. The van der Waals surface area contributed by atoms with Crippen LogP contribution in [0.2, 0.25) is 0 Å². The Labute approximate surface area is 94.5 Å². The number of rotatable bonds is 1. The molecule has 0 saturated carbocycles. The third kappa shape index (κ3) is 1.23. The summed E-state index contributed by atoms with van der Waals surface area (Å²) < 4.78 is 2.04. The van der Waals surface area contributed by atoms with Crippen LogP contribution >= 0.6 is 0 Å². The fourth-order valence-electron chi connectivity index (χ4n) is 2.50. The SMILES string of the molecule is Cc1ccccc1C1C(=O)Cn2cccc21. The van der Waals surface area contributed by atoms with Gasteiger partial charge in [0.2, 0.25) is 0 Å². The zero-order chi connectivity index (χ0) is 11.1. The maximum absolute atomic E-state index is 12.0. The Bertz CT molecular complexity index is 553. The Morgan fingerprint density at radius 2 is 2.00 bits per heavy atom. The molecule has 2 aromatic rings. The molecule has 2 nitrogen and oxygen atoms in total. The highest BCUT2D eigenvalue weighted by Gasteiger charge is 2.32. The summed E-state index contributed by atoms with van der Waals surface area (Å²) >= 11 is 0. The van der Waals surface area contributed by atoms with Gasteiger partial charge in [-0.3, -0.25) is 4.79 Å². The van der Waals surface area contributed by atoms with Crippen molar-refractivity contribution in [2.45, 2.75) is 19.4 Å². The van der Waals surface area contributed by atoms with Gasteiger partial charge in [0, 0.05) is 11.9 Å². The zero-order valence-electron chi connectivity index (χ0n) is 9.18. The molecule has 0 bridgehead atoms. The van der Waals surface area contributed by atoms with Crippen LogP contribution in [0.3, 0.4) is 0 Å². The first-order valence-corrected chi connectivity index (χ1v) is 5.50. The van der Waals surface area contributed by atoms with Gasteiger partial charge in [0.1, 0.15) is 0 Å². The number of hydrogen-bond acceptors (Lipinski definition) is 1. The molecule has 1 atom stereocenters. The fraction of sp³-hybridized carbons (Fsp3) is 0.214. The van der Waals surface area contributed by atoms with Crippen LogP contribution in [0.15, 0.2) is 42.6 Å². The number of fused-ring (bicyclic) bond motifs is 1. The Morgan fingerprint density at radius 3 is 2.81 bits per heavy atom. The van der Waals surface area contributed by atoms with E-state index in [4.69, 9.17) is 0 Å². The van der Waals surface area contributed by atoms with Gasteiger partial charge in [-0.15, -0.1) is 0 Å². The van der Waals surface area contributed by atoms with Gasteiger partial charge in [0.25, 0.3) is 0 Å². The van der Waals surface area contributed by atoms with Crippen molar-refractivity contribution >= 4 is 5.78 Å². The third-order valence-corrected chi connectivity index (χ3v) is 3.31. The van der Waals surface area contributed by atoms with Gasteiger partial charge < -0.3 is 4.57 Å². The first kappa shape index (κ1) is 9.40. The van der Waals surface area contributed by atoms with E-state index >= 15 is 0 Å². The molecule has 3 rings (SSSR count). The van der Waals surface area contributed by atoms with Crippen molar-refractivity contribution in [2.75, 3.05) is 0 Å². The van der Waals surface area contributed by atoms with Crippen molar-refractivity contribution in [3.8, 4) is 0 Å². The van der Waals surface area contributed by atoms with Crippen molar-refractivity contribution in [2.24, 2.45) is 0 Å². The number of hydrogen-bond donors (Lipinski definition) is 0. The number of carbonyl (C=O) groups excluding carboxylic acids is 1. The lowest BCUT2D eigenvalue weighted by molar-refractivity contribution is -0.118. The standard InChI is InChI=1S/C14H13NO/c1-10-5-2-3-6-11(10)14-12-7-4-8-15(12)9-13(14)16/h2-8,14H,9H2,1H3. The van der Waals surface area contributed by atoms with Crippen LogP contribution in [-0.2, 0) is 11.3 Å². The lowest BCUT2D eigenvalue weighted by atomic mass is 9.91. The second kappa shape index (κ2) is 3.34. The molecule has 2 heteroatoms.